The van der Waals surface area contributed by atoms with Crippen LogP contribution in [0.1, 0.15) is 13.3 Å². The van der Waals surface area contributed by atoms with Gasteiger partial charge in [0.2, 0.25) is 0 Å². The lowest BCUT2D eigenvalue weighted by Crippen LogP contribution is -2.47. The molecule has 0 aromatic heterocycles. The molecule has 1 amide bonds. The molecule has 0 aromatic rings. The Balaban J connectivity index is 1.62. The quantitative estimate of drug-likeness (QED) is 0.728. The Morgan fingerprint density at radius 3 is 2.74 bits per heavy atom. The summed E-state index contributed by atoms with van der Waals surface area (Å²) in [5.74, 6) is 0.699. The Bertz CT molecular complexity index is 377. The summed E-state index contributed by atoms with van der Waals surface area (Å²) in [5.41, 5.74) is 0.829. The minimum absolute atomic E-state index is 0.167. The van der Waals surface area contributed by atoms with Crippen LogP contribution in [0.5, 0.6) is 0 Å². The first kappa shape index (κ1) is 12.9. The second-order valence-electron chi connectivity index (χ2n) is 5.67. The summed E-state index contributed by atoms with van der Waals surface area (Å²) in [6, 6.07) is 0.482. The van der Waals surface area contributed by atoms with Gasteiger partial charge in [0.1, 0.15) is 0 Å². The molecule has 2 saturated heterocycles. The van der Waals surface area contributed by atoms with E-state index in [1.54, 1.807) is 6.26 Å². The van der Waals surface area contributed by atoms with Crippen LogP contribution in [0.2, 0.25) is 0 Å². The number of hydrogen-bond acceptors (Lipinski definition) is 4. The van der Waals surface area contributed by atoms with Crippen LogP contribution in [-0.2, 0) is 14.3 Å². The minimum atomic E-state index is 0.167. The summed E-state index contributed by atoms with van der Waals surface area (Å²) in [6.07, 6.45) is 2.39. The molecule has 0 aliphatic carbocycles. The van der Waals surface area contributed by atoms with Crippen LogP contribution in [0, 0.1) is 5.92 Å². The van der Waals surface area contributed by atoms with Crippen molar-refractivity contribution in [3.05, 3.63) is 11.8 Å². The molecule has 3 aliphatic rings. The van der Waals surface area contributed by atoms with Gasteiger partial charge >= 0.3 is 0 Å². The monoisotopic (exact) mass is 266 g/mol. The Morgan fingerprint density at radius 2 is 2.05 bits per heavy atom. The summed E-state index contributed by atoms with van der Waals surface area (Å²) in [6.45, 7) is 8.21. The zero-order chi connectivity index (χ0) is 13.2. The highest BCUT2D eigenvalue weighted by molar-refractivity contribution is 5.93. The van der Waals surface area contributed by atoms with Crippen molar-refractivity contribution in [1.82, 2.24) is 9.80 Å². The maximum atomic E-state index is 12.4. The van der Waals surface area contributed by atoms with E-state index in [1.165, 1.54) is 0 Å². The van der Waals surface area contributed by atoms with E-state index in [0.717, 1.165) is 51.4 Å². The molecule has 0 unspecified atom stereocenters. The number of rotatable bonds is 2. The Labute approximate surface area is 114 Å². The zero-order valence-corrected chi connectivity index (χ0v) is 11.5. The topological polar surface area (TPSA) is 42.0 Å². The van der Waals surface area contributed by atoms with Crippen LogP contribution in [0.25, 0.3) is 0 Å². The van der Waals surface area contributed by atoms with Crippen molar-refractivity contribution >= 4 is 5.91 Å². The van der Waals surface area contributed by atoms with Crippen LogP contribution in [0.4, 0.5) is 0 Å². The highest BCUT2D eigenvalue weighted by Crippen LogP contribution is 2.25. The fourth-order valence-electron chi connectivity index (χ4n) is 3.25. The number of likely N-dealkylation sites (tertiary alicyclic amines) is 1. The fourth-order valence-corrected chi connectivity index (χ4v) is 3.25. The van der Waals surface area contributed by atoms with Gasteiger partial charge in [-0.25, -0.2) is 0 Å². The molecule has 106 valence electrons. The summed E-state index contributed by atoms with van der Waals surface area (Å²) >= 11 is 0. The van der Waals surface area contributed by atoms with Gasteiger partial charge in [0.15, 0.2) is 0 Å². The number of carbonyl (C=O) groups excluding carboxylic acids is 1. The van der Waals surface area contributed by atoms with E-state index in [-0.39, 0.29) is 5.91 Å². The average molecular weight is 266 g/mol. The SMILES string of the molecule is C[C@@H]1CN(C(=O)C2=COCC2)C[C@H]1N1CCOCC1. The molecule has 3 rings (SSSR count). The third kappa shape index (κ3) is 2.62. The molecule has 0 saturated carbocycles. The van der Waals surface area contributed by atoms with E-state index in [0.29, 0.717) is 18.6 Å². The number of ether oxygens (including phenoxy) is 2. The molecular formula is C14H22N2O3. The van der Waals surface area contributed by atoms with Crippen LogP contribution in [0.3, 0.4) is 0 Å². The van der Waals surface area contributed by atoms with E-state index >= 15 is 0 Å². The Hall–Kier alpha value is -1.07. The van der Waals surface area contributed by atoms with Crippen LogP contribution >= 0.6 is 0 Å². The van der Waals surface area contributed by atoms with Crippen LogP contribution < -0.4 is 0 Å². The summed E-state index contributed by atoms with van der Waals surface area (Å²) in [5, 5.41) is 0. The van der Waals surface area contributed by atoms with E-state index in [1.807, 2.05) is 4.90 Å². The van der Waals surface area contributed by atoms with Gasteiger partial charge in [0.05, 0.1) is 31.7 Å². The molecule has 0 N–H and O–H groups in total. The molecule has 0 radical (unpaired) electrons. The van der Waals surface area contributed by atoms with E-state index in [4.69, 9.17) is 9.47 Å². The molecule has 0 aromatic carbocycles. The predicted octanol–water partition coefficient (Wildman–Crippen LogP) is 0.470. The smallest absolute Gasteiger partial charge is 0.253 e. The van der Waals surface area contributed by atoms with Crippen molar-refractivity contribution in [3.63, 3.8) is 0 Å². The third-order valence-electron chi connectivity index (χ3n) is 4.36. The second kappa shape index (κ2) is 5.51. The molecular weight excluding hydrogens is 244 g/mol. The summed E-state index contributed by atoms with van der Waals surface area (Å²) in [7, 11) is 0. The highest BCUT2D eigenvalue weighted by Gasteiger charge is 2.37. The van der Waals surface area contributed by atoms with Crippen molar-refractivity contribution in [2.75, 3.05) is 46.0 Å². The van der Waals surface area contributed by atoms with E-state index in [2.05, 4.69) is 11.8 Å². The number of morpholine rings is 1. The minimum Gasteiger partial charge on any atom is -0.500 e. The van der Waals surface area contributed by atoms with Gasteiger partial charge in [0, 0.05) is 38.6 Å². The molecule has 2 fully saturated rings. The van der Waals surface area contributed by atoms with Crippen molar-refractivity contribution < 1.29 is 14.3 Å². The zero-order valence-electron chi connectivity index (χ0n) is 11.5. The largest absolute Gasteiger partial charge is 0.500 e. The predicted molar refractivity (Wildman–Crippen MR) is 70.6 cm³/mol. The summed E-state index contributed by atoms with van der Waals surface area (Å²) < 4.78 is 10.6. The first-order valence-electron chi connectivity index (χ1n) is 7.17. The highest BCUT2D eigenvalue weighted by atomic mass is 16.5. The lowest BCUT2D eigenvalue weighted by Gasteiger charge is -2.33. The lowest BCUT2D eigenvalue weighted by molar-refractivity contribution is -0.126. The number of carbonyl (C=O) groups is 1. The summed E-state index contributed by atoms with van der Waals surface area (Å²) in [4.78, 5) is 16.8. The van der Waals surface area contributed by atoms with Gasteiger partial charge in [-0.05, 0) is 5.92 Å². The molecule has 5 nitrogen and oxygen atoms in total. The number of nitrogens with zero attached hydrogens (tertiary/aromatic N) is 2. The van der Waals surface area contributed by atoms with Gasteiger partial charge in [-0.1, -0.05) is 6.92 Å². The molecule has 3 heterocycles. The van der Waals surface area contributed by atoms with Gasteiger partial charge in [0.25, 0.3) is 5.91 Å². The number of amides is 1. The van der Waals surface area contributed by atoms with Crippen molar-refractivity contribution in [3.8, 4) is 0 Å². The van der Waals surface area contributed by atoms with Gasteiger partial charge in [-0.2, -0.15) is 0 Å². The van der Waals surface area contributed by atoms with Gasteiger partial charge < -0.3 is 14.4 Å². The van der Waals surface area contributed by atoms with Gasteiger partial charge in [-0.3, -0.25) is 9.69 Å². The third-order valence-corrected chi connectivity index (χ3v) is 4.36. The molecule has 0 spiro atoms. The molecule has 19 heavy (non-hydrogen) atoms. The first-order chi connectivity index (χ1) is 9.25. The van der Waals surface area contributed by atoms with Gasteiger partial charge in [-0.15, -0.1) is 0 Å². The molecule has 2 atom stereocenters. The Morgan fingerprint density at radius 1 is 1.26 bits per heavy atom. The molecule has 5 heteroatoms. The average Bonchev–Trinajstić information content (AvgIpc) is 3.08. The second-order valence-corrected chi connectivity index (χ2v) is 5.67. The van der Waals surface area contributed by atoms with Crippen molar-refractivity contribution in [2.24, 2.45) is 5.92 Å². The lowest BCUT2D eigenvalue weighted by atomic mass is 10.0. The number of hydrogen-bond donors (Lipinski definition) is 0. The maximum absolute atomic E-state index is 12.4. The standard InChI is InChI=1S/C14H22N2O3/c1-11-8-16(14(17)12-2-5-19-10-12)9-13(11)15-3-6-18-7-4-15/h10-11,13H,2-9H2,1H3/t11-,13-/m1/s1. The fraction of sp³-hybridized carbons (Fsp3) is 0.786. The van der Waals surface area contributed by atoms with Crippen LogP contribution in [0.15, 0.2) is 11.8 Å². The van der Waals surface area contributed by atoms with Crippen LogP contribution in [-0.4, -0.2) is 67.7 Å². The van der Waals surface area contributed by atoms with Crippen molar-refractivity contribution in [2.45, 2.75) is 19.4 Å². The molecule has 0 bridgehead atoms. The molecule has 3 aliphatic heterocycles. The first-order valence-corrected chi connectivity index (χ1v) is 7.17. The Kier molecular flexibility index (Phi) is 3.75. The van der Waals surface area contributed by atoms with Crippen molar-refractivity contribution in [1.29, 1.82) is 0 Å². The van der Waals surface area contributed by atoms with E-state index < -0.39 is 0 Å². The van der Waals surface area contributed by atoms with E-state index in [9.17, 15) is 4.79 Å². The normalized spacial score (nSPS) is 32.3. The maximum Gasteiger partial charge on any atom is 0.253 e.